The van der Waals surface area contributed by atoms with E-state index in [-0.39, 0.29) is 24.9 Å². The van der Waals surface area contributed by atoms with Gasteiger partial charge >= 0.3 is 0 Å². The molecule has 156 valence electrons. The molecule has 0 aliphatic carbocycles. The third kappa shape index (κ3) is 5.17. The molecule has 5 heteroatoms. The van der Waals surface area contributed by atoms with E-state index in [1.807, 2.05) is 12.1 Å². The molecule has 2 aromatic carbocycles. The fourth-order valence-electron chi connectivity index (χ4n) is 4.11. The van der Waals surface area contributed by atoms with Crippen LogP contribution in [0.4, 0.5) is 0 Å². The highest BCUT2D eigenvalue weighted by atomic mass is 16.5. The van der Waals surface area contributed by atoms with E-state index >= 15 is 0 Å². The third-order valence-electron chi connectivity index (χ3n) is 5.84. The van der Waals surface area contributed by atoms with E-state index in [1.165, 1.54) is 16.7 Å². The van der Waals surface area contributed by atoms with Crippen molar-refractivity contribution in [1.29, 1.82) is 0 Å². The third-order valence-corrected chi connectivity index (χ3v) is 5.84. The van der Waals surface area contributed by atoms with E-state index in [0.29, 0.717) is 19.4 Å². The van der Waals surface area contributed by atoms with Gasteiger partial charge in [-0.05, 0) is 47.7 Å². The molecule has 0 amide bonds. The van der Waals surface area contributed by atoms with Gasteiger partial charge in [-0.3, -0.25) is 0 Å². The number of aliphatic hydroxyl groups is 2. The van der Waals surface area contributed by atoms with Gasteiger partial charge in [0.05, 0.1) is 38.1 Å². The van der Waals surface area contributed by atoms with Crippen molar-refractivity contribution in [1.82, 2.24) is 0 Å². The molecule has 4 rings (SSSR count). The fraction of sp³-hybridized carbons (Fsp3) is 0.500. The highest BCUT2D eigenvalue weighted by molar-refractivity contribution is 5.38. The monoisotopic (exact) mass is 398 g/mol. The smallest absolute Gasteiger partial charge is 0.124 e. The molecule has 2 N–H and O–H groups in total. The van der Waals surface area contributed by atoms with Crippen LogP contribution >= 0.6 is 0 Å². The minimum absolute atomic E-state index is 0.0618. The van der Waals surface area contributed by atoms with Crippen LogP contribution in [-0.2, 0) is 15.9 Å². The van der Waals surface area contributed by atoms with Gasteiger partial charge in [0.25, 0.3) is 0 Å². The van der Waals surface area contributed by atoms with Crippen molar-refractivity contribution < 1.29 is 24.4 Å². The number of rotatable bonds is 6. The lowest BCUT2D eigenvalue weighted by molar-refractivity contribution is -0.113. The first-order chi connectivity index (χ1) is 14.1. The number of benzene rings is 2. The maximum Gasteiger partial charge on any atom is 0.124 e. The summed E-state index contributed by atoms with van der Waals surface area (Å²) >= 11 is 0. The van der Waals surface area contributed by atoms with Gasteiger partial charge in [0.1, 0.15) is 11.9 Å². The van der Waals surface area contributed by atoms with E-state index in [1.54, 1.807) is 0 Å². The number of hydrogen-bond acceptors (Lipinski definition) is 5. The normalized spacial score (nSPS) is 27.1. The zero-order valence-corrected chi connectivity index (χ0v) is 16.9. The maximum atomic E-state index is 10.1. The second kappa shape index (κ2) is 9.26. The van der Waals surface area contributed by atoms with Gasteiger partial charge in [-0.15, -0.1) is 0 Å². The Morgan fingerprint density at radius 3 is 2.66 bits per heavy atom. The first-order valence-corrected chi connectivity index (χ1v) is 10.5. The molecule has 4 unspecified atom stereocenters. The van der Waals surface area contributed by atoms with Crippen molar-refractivity contribution >= 4 is 0 Å². The first-order valence-electron chi connectivity index (χ1n) is 10.5. The summed E-state index contributed by atoms with van der Waals surface area (Å²) < 4.78 is 17.3. The molecule has 2 heterocycles. The highest BCUT2D eigenvalue weighted by Crippen LogP contribution is 2.33. The zero-order valence-electron chi connectivity index (χ0n) is 16.9. The molecule has 2 saturated heterocycles. The minimum atomic E-state index is -0.437. The molecular weight excluding hydrogens is 368 g/mol. The fourth-order valence-corrected chi connectivity index (χ4v) is 4.11. The predicted octanol–water partition coefficient (Wildman–Crippen LogP) is 3.33. The quantitative estimate of drug-likeness (QED) is 0.781. The van der Waals surface area contributed by atoms with E-state index in [0.717, 1.165) is 30.8 Å². The molecule has 0 spiro atoms. The van der Waals surface area contributed by atoms with Crippen LogP contribution < -0.4 is 4.74 Å². The van der Waals surface area contributed by atoms with Crippen LogP contribution in [0.15, 0.2) is 42.5 Å². The molecule has 0 aromatic heterocycles. The summed E-state index contributed by atoms with van der Waals surface area (Å²) in [6.45, 7) is 3.50. The largest absolute Gasteiger partial charge is 0.488 e. The van der Waals surface area contributed by atoms with Crippen LogP contribution in [0.3, 0.4) is 0 Å². The van der Waals surface area contributed by atoms with E-state index < -0.39 is 6.10 Å². The standard InChI is InChI=1S/C24H30O5/c1-16-2-5-18(24-13-20(26)12-23(14-25)29-24)11-19(16)10-17-3-6-21(7-4-17)28-22-8-9-27-15-22/h2-7,11,20,22-26H,8-10,12-15H2,1H3. The van der Waals surface area contributed by atoms with Crippen LogP contribution in [0.25, 0.3) is 0 Å². The summed E-state index contributed by atoms with van der Waals surface area (Å²) in [4.78, 5) is 0. The number of hydrogen-bond donors (Lipinski definition) is 2. The van der Waals surface area contributed by atoms with E-state index in [2.05, 4.69) is 37.3 Å². The zero-order chi connectivity index (χ0) is 20.2. The van der Waals surface area contributed by atoms with Crippen molar-refractivity contribution in [2.75, 3.05) is 19.8 Å². The molecule has 2 aromatic rings. The van der Waals surface area contributed by atoms with Crippen LogP contribution in [0.1, 0.15) is 47.6 Å². The van der Waals surface area contributed by atoms with Gasteiger partial charge in [-0.2, -0.15) is 0 Å². The Labute approximate surface area is 172 Å². The Morgan fingerprint density at radius 2 is 1.93 bits per heavy atom. The van der Waals surface area contributed by atoms with Crippen molar-refractivity contribution in [2.45, 2.75) is 57.0 Å². The SMILES string of the molecule is Cc1ccc(C2CC(O)CC(CO)O2)cc1Cc1ccc(OC2CCOC2)cc1. The predicted molar refractivity (Wildman–Crippen MR) is 110 cm³/mol. The van der Waals surface area contributed by atoms with Crippen molar-refractivity contribution in [3.8, 4) is 5.75 Å². The Kier molecular flexibility index (Phi) is 6.50. The topological polar surface area (TPSA) is 68.2 Å². The lowest BCUT2D eigenvalue weighted by Crippen LogP contribution is -2.33. The summed E-state index contributed by atoms with van der Waals surface area (Å²) in [5.74, 6) is 0.884. The second-order valence-electron chi connectivity index (χ2n) is 8.16. The molecule has 0 bridgehead atoms. The molecule has 0 radical (unpaired) electrons. The Balaban J connectivity index is 1.45. The van der Waals surface area contributed by atoms with Crippen LogP contribution in [0, 0.1) is 6.92 Å². The lowest BCUT2D eigenvalue weighted by Gasteiger charge is -2.32. The van der Waals surface area contributed by atoms with Gasteiger partial charge in [0.15, 0.2) is 0 Å². The van der Waals surface area contributed by atoms with E-state index in [9.17, 15) is 10.2 Å². The Hall–Kier alpha value is -1.92. The average molecular weight is 398 g/mol. The maximum absolute atomic E-state index is 10.1. The molecule has 5 nitrogen and oxygen atoms in total. The summed E-state index contributed by atoms with van der Waals surface area (Å²) in [6, 6.07) is 14.6. The van der Waals surface area contributed by atoms with Crippen molar-refractivity contribution in [2.24, 2.45) is 0 Å². The Bertz CT molecular complexity index is 797. The second-order valence-corrected chi connectivity index (χ2v) is 8.16. The molecular formula is C24H30O5. The summed E-state index contributed by atoms with van der Waals surface area (Å²) in [6.07, 6.45) is 2.07. The summed E-state index contributed by atoms with van der Waals surface area (Å²) in [5, 5.41) is 19.5. The first kappa shape index (κ1) is 20.4. The molecule has 0 saturated carbocycles. The number of aliphatic hydroxyl groups excluding tert-OH is 2. The number of aryl methyl sites for hydroxylation is 1. The van der Waals surface area contributed by atoms with Gasteiger partial charge in [-0.25, -0.2) is 0 Å². The van der Waals surface area contributed by atoms with Gasteiger partial charge in [0, 0.05) is 19.3 Å². The summed E-state index contributed by atoms with van der Waals surface area (Å²) in [5.41, 5.74) is 4.75. The van der Waals surface area contributed by atoms with E-state index in [4.69, 9.17) is 14.2 Å². The lowest BCUT2D eigenvalue weighted by atomic mass is 9.92. The van der Waals surface area contributed by atoms with Crippen LogP contribution in [0.5, 0.6) is 5.75 Å². The molecule has 4 atom stereocenters. The van der Waals surface area contributed by atoms with Crippen LogP contribution in [0.2, 0.25) is 0 Å². The highest BCUT2D eigenvalue weighted by Gasteiger charge is 2.29. The van der Waals surface area contributed by atoms with Gasteiger partial charge < -0.3 is 24.4 Å². The van der Waals surface area contributed by atoms with Crippen molar-refractivity contribution in [3.63, 3.8) is 0 Å². The van der Waals surface area contributed by atoms with Crippen LogP contribution in [-0.4, -0.2) is 48.3 Å². The molecule has 2 aliphatic rings. The summed E-state index contributed by atoms with van der Waals surface area (Å²) in [7, 11) is 0. The van der Waals surface area contributed by atoms with Gasteiger partial charge in [0.2, 0.25) is 0 Å². The average Bonchev–Trinajstić information content (AvgIpc) is 3.23. The Morgan fingerprint density at radius 1 is 1.10 bits per heavy atom. The number of ether oxygens (including phenoxy) is 3. The van der Waals surface area contributed by atoms with Crippen molar-refractivity contribution in [3.05, 3.63) is 64.7 Å². The minimum Gasteiger partial charge on any atom is -0.488 e. The van der Waals surface area contributed by atoms with Gasteiger partial charge in [-0.1, -0.05) is 30.3 Å². The molecule has 29 heavy (non-hydrogen) atoms. The molecule has 2 aliphatic heterocycles. The molecule has 2 fully saturated rings.